The molecular formula is C14H12ClNO. The topological polar surface area (TPSA) is 22.1 Å². The summed E-state index contributed by atoms with van der Waals surface area (Å²) in [6.07, 6.45) is 4.88. The van der Waals surface area contributed by atoms with Crippen LogP contribution in [0.15, 0.2) is 36.5 Å². The molecule has 0 atom stereocenters. The van der Waals surface area contributed by atoms with Gasteiger partial charge in [-0.1, -0.05) is 29.8 Å². The van der Waals surface area contributed by atoms with Crippen LogP contribution in [-0.2, 0) is 4.74 Å². The summed E-state index contributed by atoms with van der Waals surface area (Å²) in [5.41, 5.74) is 2.29. The zero-order chi connectivity index (χ0) is 11.7. The molecule has 3 heteroatoms. The Morgan fingerprint density at radius 1 is 1.29 bits per heavy atom. The van der Waals surface area contributed by atoms with E-state index in [2.05, 4.69) is 23.2 Å². The third kappa shape index (κ3) is 2.06. The van der Waals surface area contributed by atoms with Gasteiger partial charge in [0.2, 0.25) is 0 Å². The van der Waals surface area contributed by atoms with E-state index < -0.39 is 0 Å². The molecule has 1 aliphatic heterocycles. The number of ether oxygens (including phenoxy) is 1. The molecule has 0 aliphatic carbocycles. The Labute approximate surface area is 105 Å². The number of benzene rings is 1. The molecule has 86 valence electrons. The number of halogens is 1. The maximum absolute atomic E-state index is 6.12. The van der Waals surface area contributed by atoms with E-state index >= 15 is 0 Å². The van der Waals surface area contributed by atoms with Gasteiger partial charge in [0.05, 0.1) is 18.9 Å². The van der Waals surface area contributed by atoms with Gasteiger partial charge >= 0.3 is 0 Å². The van der Waals surface area contributed by atoms with Crippen LogP contribution in [0.4, 0.5) is 0 Å². The van der Waals surface area contributed by atoms with Crippen LogP contribution in [-0.4, -0.2) is 18.2 Å². The quantitative estimate of drug-likeness (QED) is 0.765. The van der Waals surface area contributed by atoms with Crippen molar-refractivity contribution in [2.24, 2.45) is 0 Å². The summed E-state index contributed by atoms with van der Waals surface area (Å²) < 4.78 is 5.30. The maximum Gasteiger partial charge on any atom is 0.0666 e. The van der Waals surface area contributed by atoms with Crippen molar-refractivity contribution in [1.29, 1.82) is 0 Å². The van der Waals surface area contributed by atoms with Crippen LogP contribution in [0.2, 0.25) is 5.02 Å². The molecule has 17 heavy (non-hydrogen) atoms. The fourth-order valence-corrected chi connectivity index (χ4v) is 2.30. The fourth-order valence-electron chi connectivity index (χ4n) is 2.07. The van der Waals surface area contributed by atoms with Crippen LogP contribution in [0.1, 0.15) is 12.1 Å². The molecule has 0 saturated heterocycles. The number of fused-ring (bicyclic) bond motifs is 1. The summed E-state index contributed by atoms with van der Waals surface area (Å²) in [6, 6.07) is 8.01. The molecule has 0 fully saturated rings. The molecule has 0 saturated carbocycles. The van der Waals surface area contributed by atoms with Crippen molar-refractivity contribution in [2.45, 2.75) is 6.42 Å². The van der Waals surface area contributed by atoms with Crippen molar-refractivity contribution in [2.75, 3.05) is 13.2 Å². The minimum Gasteiger partial charge on any atom is -0.377 e. The normalized spacial score (nSPS) is 15.9. The number of hydrogen-bond acceptors (Lipinski definition) is 2. The van der Waals surface area contributed by atoms with Crippen LogP contribution < -0.4 is 0 Å². The molecule has 1 aromatic heterocycles. The summed E-state index contributed by atoms with van der Waals surface area (Å²) in [5.74, 6) is 0. The highest BCUT2D eigenvalue weighted by Crippen LogP contribution is 2.26. The summed E-state index contributed by atoms with van der Waals surface area (Å²) in [6.45, 7) is 1.46. The molecule has 0 N–H and O–H groups in total. The summed E-state index contributed by atoms with van der Waals surface area (Å²) >= 11 is 6.12. The standard InChI is InChI=1S/C14H12ClNO/c15-13-3-1-2-11-8-14(16-9-12(11)13)10-4-6-17-7-5-10/h1-4,8-9H,5-7H2. The van der Waals surface area contributed by atoms with Gasteiger partial charge in [-0.2, -0.15) is 0 Å². The number of rotatable bonds is 1. The first-order valence-corrected chi connectivity index (χ1v) is 6.04. The Hall–Kier alpha value is -1.38. The van der Waals surface area contributed by atoms with Crippen LogP contribution in [0, 0.1) is 0 Å². The smallest absolute Gasteiger partial charge is 0.0666 e. The van der Waals surface area contributed by atoms with Crippen molar-refractivity contribution in [1.82, 2.24) is 4.98 Å². The molecule has 3 rings (SSSR count). The average molecular weight is 246 g/mol. The largest absolute Gasteiger partial charge is 0.377 e. The molecule has 1 aliphatic rings. The summed E-state index contributed by atoms with van der Waals surface area (Å²) in [7, 11) is 0. The van der Waals surface area contributed by atoms with E-state index in [9.17, 15) is 0 Å². The summed E-state index contributed by atoms with van der Waals surface area (Å²) in [4.78, 5) is 4.48. The van der Waals surface area contributed by atoms with Gasteiger partial charge in [0, 0.05) is 16.6 Å². The van der Waals surface area contributed by atoms with Crippen LogP contribution >= 0.6 is 11.6 Å². The second kappa shape index (κ2) is 4.47. The Balaban J connectivity index is 2.10. The minimum absolute atomic E-state index is 0.685. The van der Waals surface area contributed by atoms with E-state index in [1.165, 1.54) is 5.57 Å². The second-order valence-electron chi connectivity index (χ2n) is 4.08. The first-order chi connectivity index (χ1) is 8.34. The molecule has 2 heterocycles. The number of aromatic nitrogens is 1. The van der Waals surface area contributed by atoms with Gasteiger partial charge in [0.25, 0.3) is 0 Å². The molecule has 2 nitrogen and oxygen atoms in total. The first-order valence-electron chi connectivity index (χ1n) is 5.66. The molecule has 2 aromatic rings. The lowest BCUT2D eigenvalue weighted by molar-refractivity contribution is 0.161. The van der Waals surface area contributed by atoms with E-state index in [-0.39, 0.29) is 0 Å². The zero-order valence-electron chi connectivity index (χ0n) is 9.32. The Morgan fingerprint density at radius 3 is 3.06 bits per heavy atom. The second-order valence-corrected chi connectivity index (χ2v) is 4.49. The van der Waals surface area contributed by atoms with E-state index in [4.69, 9.17) is 16.3 Å². The van der Waals surface area contributed by atoms with Crippen molar-refractivity contribution in [3.8, 4) is 0 Å². The lowest BCUT2D eigenvalue weighted by Gasteiger charge is -2.13. The SMILES string of the molecule is Clc1cccc2cc(C3=CCOCC3)ncc12. The highest BCUT2D eigenvalue weighted by Gasteiger charge is 2.08. The number of pyridine rings is 1. The van der Waals surface area contributed by atoms with Gasteiger partial charge in [-0.15, -0.1) is 0 Å². The van der Waals surface area contributed by atoms with Crippen molar-refractivity contribution in [3.05, 3.63) is 47.3 Å². The minimum atomic E-state index is 0.685. The number of nitrogens with zero attached hydrogens (tertiary/aromatic N) is 1. The van der Waals surface area contributed by atoms with Gasteiger partial charge in [-0.05, 0) is 29.5 Å². The molecule has 0 radical (unpaired) electrons. The van der Waals surface area contributed by atoms with Crippen LogP contribution in [0.3, 0.4) is 0 Å². The van der Waals surface area contributed by atoms with E-state index in [1.54, 1.807) is 0 Å². The Bertz CT molecular complexity index is 592. The average Bonchev–Trinajstić information content (AvgIpc) is 2.40. The predicted octanol–water partition coefficient (Wildman–Crippen LogP) is 3.69. The Kier molecular flexibility index (Phi) is 2.83. The van der Waals surface area contributed by atoms with E-state index in [0.717, 1.165) is 34.5 Å². The lowest BCUT2D eigenvalue weighted by atomic mass is 10.0. The van der Waals surface area contributed by atoms with E-state index in [0.29, 0.717) is 6.61 Å². The van der Waals surface area contributed by atoms with Crippen molar-refractivity contribution in [3.63, 3.8) is 0 Å². The van der Waals surface area contributed by atoms with Crippen LogP contribution in [0.5, 0.6) is 0 Å². The molecular weight excluding hydrogens is 234 g/mol. The highest BCUT2D eigenvalue weighted by molar-refractivity contribution is 6.35. The summed E-state index contributed by atoms with van der Waals surface area (Å²) in [5, 5.41) is 2.89. The van der Waals surface area contributed by atoms with Gasteiger partial charge in [0.1, 0.15) is 0 Å². The monoisotopic (exact) mass is 245 g/mol. The zero-order valence-corrected chi connectivity index (χ0v) is 10.1. The molecule has 1 aromatic carbocycles. The van der Waals surface area contributed by atoms with Crippen molar-refractivity contribution < 1.29 is 4.74 Å². The van der Waals surface area contributed by atoms with Gasteiger partial charge in [-0.3, -0.25) is 4.98 Å². The van der Waals surface area contributed by atoms with Gasteiger partial charge < -0.3 is 4.74 Å². The first kappa shape index (κ1) is 10.8. The maximum atomic E-state index is 6.12. The van der Waals surface area contributed by atoms with Crippen LogP contribution in [0.25, 0.3) is 16.3 Å². The predicted molar refractivity (Wildman–Crippen MR) is 70.2 cm³/mol. The highest BCUT2D eigenvalue weighted by atomic mass is 35.5. The molecule has 0 amide bonds. The van der Waals surface area contributed by atoms with Gasteiger partial charge in [0.15, 0.2) is 0 Å². The molecule has 0 spiro atoms. The third-order valence-electron chi connectivity index (χ3n) is 3.00. The van der Waals surface area contributed by atoms with Gasteiger partial charge in [-0.25, -0.2) is 0 Å². The Morgan fingerprint density at radius 2 is 2.24 bits per heavy atom. The number of hydrogen-bond donors (Lipinski definition) is 0. The lowest BCUT2D eigenvalue weighted by Crippen LogP contribution is -2.04. The molecule has 0 bridgehead atoms. The molecule has 0 unspecified atom stereocenters. The van der Waals surface area contributed by atoms with Crippen molar-refractivity contribution >= 4 is 27.9 Å². The van der Waals surface area contributed by atoms with E-state index in [1.807, 2.05) is 18.3 Å². The fraction of sp³-hybridized carbons (Fsp3) is 0.214. The third-order valence-corrected chi connectivity index (χ3v) is 3.33.